The molecule has 6 nitrogen and oxygen atoms in total. The van der Waals surface area contributed by atoms with Crippen LogP contribution in [0.4, 0.5) is 0 Å². The van der Waals surface area contributed by atoms with E-state index in [0.29, 0.717) is 18.6 Å². The van der Waals surface area contributed by atoms with Gasteiger partial charge in [-0.1, -0.05) is 18.2 Å². The second-order valence-electron chi connectivity index (χ2n) is 4.69. The van der Waals surface area contributed by atoms with Gasteiger partial charge in [-0.25, -0.2) is 0 Å². The Bertz CT molecular complexity index is 644. The number of carbonyl (C=O) groups is 2. The van der Waals surface area contributed by atoms with E-state index < -0.39 is 6.10 Å². The first-order valence-electron chi connectivity index (χ1n) is 6.53. The van der Waals surface area contributed by atoms with Crippen LogP contribution in [-0.2, 0) is 9.53 Å². The Labute approximate surface area is 115 Å². The maximum Gasteiger partial charge on any atom is 0.271 e. The van der Waals surface area contributed by atoms with Crippen LogP contribution < -0.4 is 10.9 Å². The van der Waals surface area contributed by atoms with Crippen LogP contribution in [0.2, 0.25) is 0 Å². The number of H-pyrrole nitrogens is 1. The highest BCUT2D eigenvalue weighted by molar-refractivity contribution is 6.07. The van der Waals surface area contributed by atoms with E-state index in [0.717, 1.165) is 17.3 Å². The summed E-state index contributed by atoms with van der Waals surface area (Å²) in [6, 6.07) is 7.48. The summed E-state index contributed by atoms with van der Waals surface area (Å²) in [5, 5.41) is 0.816. The van der Waals surface area contributed by atoms with Crippen LogP contribution in [0.15, 0.2) is 30.5 Å². The van der Waals surface area contributed by atoms with E-state index in [4.69, 9.17) is 4.74 Å². The molecule has 6 heteroatoms. The quantitative estimate of drug-likeness (QED) is 0.717. The molecule has 0 saturated carbocycles. The summed E-state index contributed by atoms with van der Waals surface area (Å²) < 4.78 is 5.24. The van der Waals surface area contributed by atoms with Crippen molar-refractivity contribution in [1.29, 1.82) is 0 Å². The SMILES string of the molecule is O=C(NNC(=O)C1CCCO1)c1c[nH]c2ccccc12. The standard InChI is InChI=1S/C14H15N3O3/c18-13(16-17-14(19)12-6-3-7-20-12)10-8-15-11-5-2-1-4-9(10)11/h1-2,4-5,8,12,15H,3,6-7H2,(H,16,18)(H,17,19). The number of amides is 2. The van der Waals surface area contributed by atoms with Gasteiger partial charge < -0.3 is 9.72 Å². The maximum atomic E-state index is 12.1. The number of aromatic nitrogens is 1. The van der Waals surface area contributed by atoms with Crippen LogP contribution in [0.5, 0.6) is 0 Å². The molecule has 20 heavy (non-hydrogen) atoms. The molecule has 1 aliphatic heterocycles. The van der Waals surface area contributed by atoms with Gasteiger partial charge in [0.15, 0.2) is 0 Å². The van der Waals surface area contributed by atoms with Crippen molar-refractivity contribution >= 4 is 22.7 Å². The number of benzene rings is 1. The van der Waals surface area contributed by atoms with Gasteiger partial charge in [0.25, 0.3) is 11.8 Å². The molecule has 0 radical (unpaired) electrons. The molecule has 2 heterocycles. The smallest absolute Gasteiger partial charge is 0.271 e. The highest BCUT2D eigenvalue weighted by atomic mass is 16.5. The van der Waals surface area contributed by atoms with Crippen LogP contribution in [0, 0.1) is 0 Å². The third kappa shape index (κ3) is 2.37. The lowest BCUT2D eigenvalue weighted by atomic mass is 10.2. The number of hydrogen-bond donors (Lipinski definition) is 3. The van der Waals surface area contributed by atoms with Gasteiger partial charge in [0.1, 0.15) is 6.10 Å². The van der Waals surface area contributed by atoms with Crippen LogP contribution >= 0.6 is 0 Å². The average molecular weight is 273 g/mol. The number of para-hydroxylation sites is 1. The topological polar surface area (TPSA) is 83.2 Å². The van der Waals surface area contributed by atoms with E-state index in [-0.39, 0.29) is 11.8 Å². The number of ether oxygens (including phenoxy) is 1. The van der Waals surface area contributed by atoms with Crippen LogP contribution in [0.1, 0.15) is 23.2 Å². The van der Waals surface area contributed by atoms with Crippen molar-refractivity contribution in [1.82, 2.24) is 15.8 Å². The molecule has 1 aliphatic rings. The predicted molar refractivity (Wildman–Crippen MR) is 72.9 cm³/mol. The van der Waals surface area contributed by atoms with Crippen molar-refractivity contribution in [2.24, 2.45) is 0 Å². The summed E-state index contributed by atoms with van der Waals surface area (Å²) in [6.07, 6.45) is 2.72. The molecule has 2 amide bonds. The molecular formula is C14H15N3O3. The Hall–Kier alpha value is -2.34. The third-order valence-electron chi connectivity index (χ3n) is 3.36. The fourth-order valence-corrected chi connectivity index (χ4v) is 2.31. The Kier molecular flexibility index (Phi) is 3.39. The second kappa shape index (κ2) is 5.34. The van der Waals surface area contributed by atoms with Gasteiger partial charge in [-0.2, -0.15) is 0 Å². The van der Waals surface area contributed by atoms with Gasteiger partial charge in [-0.3, -0.25) is 20.4 Å². The summed E-state index contributed by atoms with van der Waals surface area (Å²) in [5.74, 6) is -0.663. The molecule has 1 saturated heterocycles. The van der Waals surface area contributed by atoms with Crippen LogP contribution in [-0.4, -0.2) is 29.5 Å². The van der Waals surface area contributed by atoms with E-state index in [9.17, 15) is 9.59 Å². The van der Waals surface area contributed by atoms with Crippen LogP contribution in [0.3, 0.4) is 0 Å². The molecule has 1 aromatic heterocycles. The van der Waals surface area contributed by atoms with Gasteiger partial charge in [-0.15, -0.1) is 0 Å². The predicted octanol–water partition coefficient (Wildman–Crippen LogP) is 1.11. The van der Waals surface area contributed by atoms with Crippen molar-refractivity contribution < 1.29 is 14.3 Å². The zero-order chi connectivity index (χ0) is 13.9. The van der Waals surface area contributed by atoms with Gasteiger partial charge in [0.05, 0.1) is 5.56 Å². The normalized spacial score (nSPS) is 18.1. The molecule has 1 fully saturated rings. The van der Waals surface area contributed by atoms with E-state index in [2.05, 4.69) is 15.8 Å². The molecule has 104 valence electrons. The Balaban J connectivity index is 1.66. The fourth-order valence-electron chi connectivity index (χ4n) is 2.31. The Morgan fingerprint density at radius 1 is 1.25 bits per heavy atom. The fraction of sp³-hybridized carbons (Fsp3) is 0.286. The lowest BCUT2D eigenvalue weighted by Gasteiger charge is -2.10. The summed E-state index contributed by atoms with van der Waals surface area (Å²) >= 11 is 0. The van der Waals surface area contributed by atoms with E-state index in [1.165, 1.54) is 0 Å². The van der Waals surface area contributed by atoms with E-state index >= 15 is 0 Å². The summed E-state index contributed by atoms with van der Waals surface area (Å²) in [6.45, 7) is 0.592. The van der Waals surface area contributed by atoms with Crippen molar-refractivity contribution in [2.45, 2.75) is 18.9 Å². The number of carbonyl (C=O) groups excluding carboxylic acids is 2. The van der Waals surface area contributed by atoms with Gasteiger partial charge in [-0.05, 0) is 18.9 Å². The lowest BCUT2D eigenvalue weighted by Crippen LogP contribution is -2.46. The molecule has 3 rings (SSSR count). The minimum absolute atomic E-state index is 0.310. The molecule has 3 N–H and O–H groups in total. The molecule has 0 aliphatic carbocycles. The molecule has 1 unspecified atom stereocenters. The van der Waals surface area contributed by atoms with Crippen molar-refractivity contribution in [2.75, 3.05) is 6.61 Å². The first-order chi connectivity index (χ1) is 9.75. The Morgan fingerprint density at radius 2 is 2.10 bits per heavy atom. The van der Waals surface area contributed by atoms with E-state index in [1.54, 1.807) is 6.20 Å². The molecule has 0 bridgehead atoms. The summed E-state index contributed by atoms with van der Waals surface area (Å²) in [5.41, 5.74) is 6.19. The van der Waals surface area contributed by atoms with Crippen molar-refractivity contribution in [3.05, 3.63) is 36.0 Å². The highest BCUT2D eigenvalue weighted by Gasteiger charge is 2.24. The number of nitrogens with one attached hydrogen (secondary N) is 3. The monoisotopic (exact) mass is 273 g/mol. The van der Waals surface area contributed by atoms with Crippen LogP contribution in [0.25, 0.3) is 10.9 Å². The van der Waals surface area contributed by atoms with Gasteiger partial charge >= 0.3 is 0 Å². The minimum Gasteiger partial charge on any atom is -0.368 e. The summed E-state index contributed by atoms with van der Waals surface area (Å²) in [4.78, 5) is 26.8. The van der Waals surface area contributed by atoms with E-state index in [1.807, 2.05) is 24.3 Å². The number of hydrogen-bond acceptors (Lipinski definition) is 3. The molecule has 1 aromatic carbocycles. The van der Waals surface area contributed by atoms with Gasteiger partial charge in [0, 0.05) is 23.7 Å². The first kappa shape index (κ1) is 12.7. The number of aromatic amines is 1. The van der Waals surface area contributed by atoms with Crippen molar-refractivity contribution in [3.63, 3.8) is 0 Å². The zero-order valence-corrected chi connectivity index (χ0v) is 10.8. The number of fused-ring (bicyclic) bond motifs is 1. The molecular weight excluding hydrogens is 258 g/mol. The van der Waals surface area contributed by atoms with Gasteiger partial charge in [0.2, 0.25) is 0 Å². The first-order valence-corrected chi connectivity index (χ1v) is 6.53. The Morgan fingerprint density at radius 3 is 2.90 bits per heavy atom. The maximum absolute atomic E-state index is 12.1. The number of rotatable bonds is 2. The molecule has 1 atom stereocenters. The highest BCUT2D eigenvalue weighted by Crippen LogP contribution is 2.17. The zero-order valence-electron chi connectivity index (χ0n) is 10.8. The third-order valence-corrected chi connectivity index (χ3v) is 3.36. The minimum atomic E-state index is -0.460. The largest absolute Gasteiger partial charge is 0.368 e. The number of hydrazine groups is 1. The molecule has 0 spiro atoms. The van der Waals surface area contributed by atoms with Crippen molar-refractivity contribution in [3.8, 4) is 0 Å². The summed E-state index contributed by atoms with van der Waals surface area (Å²) in [7, 11) is 0. The lowest BCUT2D eigenvalue weighted by molar-refractivity contribution is -0.130. The average Bonchev–Trinajstić information content (AvgIpc) is 3.13. The molecule has 2 aromatic rings. The second-order valence-corrected chi connectivity index (χ2v) is 4.69.